The van der Waals surface area contributed by atoms with Crippen LogP contribution < -0.4 is 4.90 Å². The predicted molar refractivity (Wildman–Crippen MR) is 231 cm³/mol. The lowest BCUT2D eigenvalue weighted by molar-refractivity contribution is 0.670. The summed E-state index contributed by atoms with van der Waals surface area (Å²) in [5.74, 6) is 0. The molecule has 0 aliphatic heterocycles. The molecular formula is C52H34N2O. The first kappa shape index (κ1) is 26.4. The zero-order chi connectivity index (χ0) is 40.6. The predicted octanol–water partition coefficient (Wildman–Crippen LogP) is 14.6. The van der Waals surface area contributed by atoms with Gasteiger partial charge in [-0.25, -0.2) is 0 Å². The van der Waals surface area contributed by atoms with Crippen molar-refractivity contribution in [3.63, 3.8) is 0 Å². The van der Waals surface area contributed by atoms with E-state index in [9.17, 15) is 0 Å². The van der Waals surface area contributed by atoms with Crippen molar-refractivity contribution in [2.24, 2.45) is 0 Å². The average molecular weight is 708 g/mol. The van der Waals surface area contributed by atoms with E-state index in [0.29, 0.717) is 5.52 Å². The maximum absolute atomic E-state index is 9.04. The van der Waals surface area contributed by atoms with Crippen molar-refractivity contribution >= 4 is 71.6 Å². The Labute approximate surface area is 325 Å². The Morgan fingerprint density at radius 2 is 1.11 bits per heavy atom. The molecule has 11 aromatic rings. The zero-order valence-corrected chi connectivity index (χ0v) is 29.5. The molecule has 2 heterocycles. The van der Waals surface area contributed by atoms with E-state index in [1.807, 2.05) is 77.4 Å². The van der Waals surface area contributed by atoms with Crippen LogP contribution in [0.3, 0.4) is 0 Å². The summed E-state index contributed by atoms with van der Waals surface area (Å²) in [7, 11) is 0. The average Bonchev–Trinajstić information content (AvgIpc) is 3.85. The first-order chi connectivity index (χ1) is 29.4. The lowest BCUT2D eigenvalue weighted by Gasteiger charge is -2.28. The summed E-state index contributed by atoms with van der Waals surface area (Å²) >= 11 is 0. The Balaban J connectivity index is 1.23. The van der Waals surface area contributed by atoms with Crippen molar-refractivity contribution in [1.29, 1.82) is 0 Å². The highest BCUT2D eigenvalue weighted by atomic mass is 16.3. The first-order valence-corrected chi connectivity index (χ1v) is 18.4. The summed E-state index contributed by atoms with van der Waals surface area (Å²) < 4.78 is 52.2. The Morgan fingerprint density at radius 1 is 0.455 bits per heavy atom. The quantitative estimate of drug-likeness (QED) is 0.172. The van der Waals surface area contributed by atoms with Gasteiger partial charge in [-0.2, -0.15) is 0 Å². The normalized spacial score (nSPS) is 12.9. The Morgan fingerprint density at radius 3 is 1.96 bits per heavy atom. The van der Waals surface area contributed by atoms with E-state index in [2.05, 4.69) is 108 Å². The topological polar surface area (TPSA) is 21.3 Å². The Hall–Kier alpha value is -7.36. The number of nitrogens with zero attached hydrogens (tertiary/aromatic N) is 2. The molecule has 0 spiro atoms. The number of hydrogen-bond donors (Lipinski definition) is 0. The maximum Gasteiger partial charge on any atom is 0.145 e. The van der Waals surface area contributed by atoms with Gasteiger partial charge in [0.05, 0.1) is 34.6 Å². The summed E-state index contributed by atoms with van der Waals surface area (Å²) in [5, 5.41) is 6.03. The number of aromatic nitrogens is 1. The van der Waals surface area contributed by atoms with E-state index in [1.165, 1.54) is 10.8 Å². The third kappa shape index (κ3) is 4.98. The number of furan rings is 1. The molecule has 0 N–H and O–H groups in total. The fourth-order valence-corrected chi connectivity index (χ4v) is 8.30. The second-order valence-electron chi connectivity index (χ2n) is 13.7. The molecule has 0 saturated carbocycles. The first-order valence-electron chi connectivity index (χ1n) is 20.9. The minimum atomic E-state index is -0.427. The van der Waals surface area contributed by atoms with Crippen molar-refractivity contribution in [3.8, 4) is 27.9 Å². The molecule has 3 heteroatoms. The van der Waals surface area contributed by atoms with Gasteiger partial charge in [0, 0.05) is 33.1 Å². The number of benzene rings is 9. The summed E-state index contributed by atoms with van der Waals surface area (Å²) in [6.07, 6.45) is 0. The Bertz CT molecular complexity index is 3470. The zero-order valence-electron chi connectivity index (χ0n) is 34.5. The lowest BCUT2D eigenvalue weighted by atomic mass is 9.97. The SMILES string of the molecule is [2H]c1c([2H])c([2H])c(-n2c3ccccc3c3c(N(c4ccc(-c5cccc6ccccc56)cc4)c4ccc(-c5ccccc5)c5oc6ccccc6c45)cccc32)c([2H])c1[2H]. The van der Waals surface area contributed by atoms with Crippen molar-refractivity contribution < 1.29 is 11.3 Å². The molecule has 0 amide bonds. The van der Waals surface area contributed by atoms with Gasteiger partial charge in [-0.05, 0) is 88.1 Å². The summed E-state index contributed by atoms with van der Waals surface area (Å²) in [5.41, 5.74) is 10.0. The van der Waals surface area contributed by atoms with Crippen molar-refractivity contribution in [2.45, 2.75) is 0 Å². The van der Waals surface area contributed by atoms with Crippen LogP contribution >= 0.6 is 0 Å². The lowest BCUT2D eigenvalue weighted by Crippen LogP contribution is -2.11. The van der Waals surface area contributed by atoms with Crippen LogP contribution in [0.1, 0.15) is 6.85 Å². The second kappa shape index (κ2) is 12.6. The molecule has 55 heavy (non-hydrogen) atoms. The van der Waals surface area contributed by atoms with Crippen LogP contribution in [0.4, 0.5) is 17.1 Å². The van der Waals surface area contributed by atoms with Crippen LogP contribution in [-0.2, 0) is 0 Å². The minimum Gasteiger partial charge on any atom is -0.455 e. The second-order valence-corrected chi connectivity index (χ2v) is 13.7. The van der Waals surface area contributed by atoms with Crippen LogP contribution in [-0.4, -0.2) is 4.57 Å². The number of anilines is 3. The van der Waals surface area contributed by atoms with Gasteiger partial charge in [-0.3, -0.25) is 0 Å². The van der Waals surface area contributed by atoms with Gasteiger partial charge in [0.2, 0.25) is 0 Å². The molecule has 3 nitrogen and oxygen atoms in total. The minimum absolute atomic E-state index is 0.103. The molecule has 0 aliphatic rings. The molecule has 0 fully saturated rings. The number of rotatable bonds is 6. The molecule has 2 aromatic heterocycles. The maximum atomic E-state index is 9.04. The smallest absolute Gasteiger partial charge is 0.145 e. The van der Waals surface area contributed by atoms with Gasteiger partial charge in [0.25, 0.3) is 0 Å². The number of para-hydroxylation sites is 3. The van der Waals surface area contributed by atoms with Crippen LogP contribution in [0.5, 0.6) is 0 Å². The van der Waals surface area contributed by atoms with Crippen molar-refractivity contribution in [1.82, 2.24) is 4.57 Å². The number of hydrogen-bond acceptors (Lipinski definition) is 2. The van der Waals surface area contributed by atoms with Crippen LogP contribution in [0.15, 0.2) is 211 Å². The van der Waals surface area contributed by atoms with E-state index in [4.69, 9.17) is 11.3 Å². The largest absolute Gasteiger partial charge is 0.455 e. The summed E-state index contributed by atoms with van der Waals surface area (Å²) in [6.45, 7) is 0. The Kier molecular flexibility index (Phi) is 6.07. The van der Waals surface area contributed by atoms with Gasteiger partial charge in [-0.15, -0.1) is 0 Å². The molecule has 0 saturated heterocycles. The highest BCUT2D eigenvalue weighted by Crippen LogP contribution is 2.49. The molecule has 0 aliphatic carbocycles. The monoisotopic (exact) mass is 707 g/mol. The van der Waals surface area contributed by atoms with Crippen LogP contribution in [0.25, 0.3) is 82.5 Å². The molecule has 0 radical (unpaired) electrons. The van der Waals surface area contributed by atoms with E-state index < -0.39 is 6.04 Å². The molecule has 11 rings (SSSR count). The van der Waals surface area contributed by atoms with Gasteiger partial charge in [-0.1, -0.05) is 146 Å². The standard InChI is InChI=1S/C52H34N2O/c1-3-15-36(16-4-1)42-33-34-48(51-44-23-10-12-28-49(44)55-52(42)51)54(39-31-29-37(30-32-39)41-24-13-18-35-17-7-8-21-40(35)41)47-27-14-26-46-50(47)43-22-9-11-25-45(43)53(46)38-19-5-2-6-20-38/h1-34H/i2D,5D,6D,19D,20D. The highest BCUT2D eigenvalue weighted by Gasteiger charge is 2.25. The third-order valence-corrected chi connectivity index (χ3v) is 10.7. The number of fused-ring (bicyclic) bond motifs is 7. The van der Waals surface area contributed by atoms with E-state index in [0.717, 1.165) is 77.5 Å². The van der Waals surface area contributed by atoms with E-state index in [1.54, 1.807) is 0 Å². The molecule has 258 valence electrons. The van der Waals surface area contributed by atoms with Crippen LogP contribution in [0, 0.1) is 0 Å². The van der Waals surface area contributed by atoms with Crippen LogP contribution in [0.2, 0.25) is 0 Å². The van der Waals surface area contributed by atoms with Gasteiger partial charge < -0.3 is 13.9 Å². The van der Waals surface area contributed by atoms with Gasteiger partial charge in [0.15, 0.2) is 0 Å². The van der Waals surface area contributed by atoms with Gasteiger partial charge >= 0.3 is 0 Å². The van der Waals surface area contributed by atoms with Gasteiger partial charge in [0.1, 0.15) is 11.2 Å². The van der Waals surface area contributed by atoms with Crippen molar-refractivity contribution in [3.05, 3.63) is 206 Å². The molecule has 9 aromatic carbocycles. The summed E-state index contributed by atoms with van der Waals surface area (Å²) in [6, 6.07) is 58.4. The fraction of sp³-hybridized carbons (Fsp3) is 0. The third-order valence-electron chi connectivity index (χ3n) is 10.7. The van der Waals surface area contributed by atoms with E-state index >= 15 is 0 Å². The summed E-state index contributed by atoms with van der Waals surface area (Å²) in [4.78, 5) is 2.27. The van der Waals surface area contributed by atoms with E-state index in [-0.39, 0.29) is 29.9 Å². The van der Waals surface area contributed by atoms with Crippen molar-refractivity contribution in [2.75, 3.05) is 4.90 Å². The fourth-order valence-electron chi connectivity index (χ4n) is 8.30. The molecule has 0 bridgehead atoms. The molecular weight excluding hydrogens is 669 g/mol. The highest BCUT2D eigenvalue weighted by molar-refractivity contribution is 6.21. The molecule has 0 atom stereocenters. The molecule has 0 unspecified atom stereocenters.